The number of para-hydroxylation sites is 2. The number of rotatable bonds is 8. The van der Waals surface area contributed by atoms with Gasteiger partial charge in [-0.15, -0.1) is 0 Å². The minimum absolute atomic E-state index is 0.142. The summed E-state index contributed by atoms with van der Waals surface area (Å²) >= 11 is 0. The van der Waals surface area contributed by atoms with Crippen LogP contribution in [-0.4, -0.2) is 44.2 Å². The predicted octanol–water partition coefficient (Wildman–Crippen LogP) is 3.51. The summed E-state index contributed by atoms with van der Waals surface area (Å²) in [6, 6.07) is 12.1. The van der Waals surface area contributed by atoms with Gasteiger partial charge in [-0.3, -0.25) is 14.9 Å². The van der Waals surface area contributed by atoms with E-state index in [0.29, 0.717) is 24.5 Å². The number of nitro groups is 1. The maximum atomic E-state index is 12.7. The number of ether oxygens (including phenoxy) is 1. The highest BCUT2D eigenvalue weighted by molar-refractivity contribution is 6.06. The van der Waals surface area contributed by atoms with Crippen molar-refractivity contribution in [2.75, 3.05) is 48.9 Å². The molecule has 0 atom stereocenters. The van der Waals surface area contributed by atoms with Crippen LogP contribution < -0.4 is 15.5 Å². The normalized spacial score (nSPS) is 13.4. The number of nitrogens with zero attached hydrogens (tertiary/aromatic N) is 2. The zero-order chi connectivity index (χ0) is 19.9. The lowest BCUT2D eigenvalue weighted by atomic mass is 10.1. The maximum Gasteiger partial charge on any atom is 0.293 e. The molecule has 2 N–H and O–H groups in total. The molecular formula is C20H24N4O4. The zero-order valence-corrected chi connectivity index (χ0v) is 15.8. The molecule has 1 aliphatic heterocycles. The molecule has 8 nitrogen and oxygen atoms in total. The predicted molar refractivity (Wildman–Crippen MR) is 109 cm³/mol. The van der Waals surface area contributed by atoms with Crippen LogP contribution in [0, 0.1) is 10.1 Å². The topological polar surface area (TPSA) is 96.7 Å². The van der Waals surface area contributed by atoms with Gasteiger partial charge in [-0.25, -0.2) is 0 Å². The summed E-state index contributed by atoms with van der Waals surface area (Å²) in [5.41, 5.74) is 2.13. The summed E-state index contributed by atoms with van der Waals surface area (Å²) in [5, 5.41) is 17.3. The van der Waals surface area contributed by atoms with Crippen molar-refractivity contribution < 1.29 is 14.5 Å². The number of carbonyl (C=O) groups is 1. The molecule has 148 valence electrons. The third-order valence-corrected chi connectivity index (χ3v) is 4.68. The number of hydrogen-bond donors (Lipinski definition) is 2. The van der Waals surface area contributed by atoms with Crippen molar-refractivity contribution in [3.63, 3.8) is 0 Å². The van der Waals surface area contributed by atoms with Crippen LogP contribution in [0.25, 0.3) is 0 Å². The van der Waals surface area contributed by atoms with Gasteiger partial charge in [-0.2, -0.15) is 0 Å². The van der Waals surface area contributed by atoms with Crippen LogP contribution >= 0.6 is 0 Å². The van der Waals surface area contributed by atoms with Gasteiger partial charge in [0.15, 0.2) is 0 Å². The fourth-order valence-electron chi connectivity index (χ4n) is 3.27. The molecule has 0 aliphatic carbocycles. The second-order valence-electron chi connectivity index (χ2n) is 6.57. The number of nitro benzene ring substituents is 1. The van der Waals surface area contributed by atoms with Gasteiger partial charge >= 0.3 is 0 Å². The lowest BCUT2D eigenvalue weighted by Gasteiger charge is -2.21. The Balaban J connectivity index is 1.79. The maximum absolute atomic E-state index is 12.7. The van der Waals surface area contributed by atoms with Crippen molar-refractivity contribution in [3.05, 3.63) is 58.1 Å². The molecule has 8 heteroatoms. The first-order chi connectivity index (χ1) is 13.6. The van der Waals surface area contributed by atoms with Crippen LogP contribution in [0.15, 0.2) is 42.5 Å². The van der Waals surface area contributed by atoms with Gasteiger partial charge in [-0.1, -0.05) is 12.1 Å². The molecule has 1 fully saturated rings. The van der Waals surface area contributed by atoms with E-state index in [1.54, 1.807) is 19.2 Å². The number of nitrogens with one attached hydrogen (secondary N) is 2. The SMILES string of the molecule is COCCNc1ccc(C(=O)Nc2ccccc2N2CCCC2)cc1[N+](=O)[O-]. The molecule has 0 bridgehead atoms. The average molecular weight is 384 g/mol. The first-order valence-corrected chi connectivity index (χ1v) is 9.26. The zero-order valence-electron chi connectivity index (χ0n) is 15.8. The average Bonchev–Trinajstić information content (AvgIpc) is 3.23. The summed E-state index contributed by atoms with van der Waals surface area (Å²) in [5.74, 6) is -0.377. The van der Waals surface area contributed by atoms with Gasteiger partial charge in [0.05, 0.1) is 22.9 Å². The van der Waals surface area contributed by atoms with Crippen LogP contribution in [0.3, 0.4) is 0 Å². The number of methoxy groups -OCH3 is 1. The van der Waals surface area contributed by atoms with Crippen LogP contribution in [0.5, 0.6) is 0 Å². The minimum atomic E-state index is -0.496. The smallest absolute Gasteiger partial charge is 0.293 e. The Labute approximate surface area is 163 Å². The summed E-state index contributed by atoms with van der Waals surface area (Å²) in [7, 11) is 1.56. The molecule has 2 aromatic carbocycles. The van der Waals surface area contributed by atoms with E-state index in [1.165, 1.54) is 6.07 Å². The first-order valence-electron chi connectivity index (χ1n) is 9.26. The van der Waals surface area contributed by atoms with Crippen LogP contribution in [0.4, 0.5) is 22.7 Å². The molecule has 1 heterocycles. The Morgan fingerprint density at radius 2 is 1.93 bits per heavy atom. The molecule has 0 spiro atoms. The number of carbonyl (C=O) groups excluding carboxylic acids is 1. The Morgan fingerprint density at radius 3 is 2.64 bits per heavy atom. The molecule has 1 saturated heterocycles. The highest BCUT2D eigenvalue weighted by atomic mass is 16.6. The number of hydrogen-bond acceptors (Lipinski definition) is 6. The molecule has 0 saturated carbocycles. The van der Waals surface area contributed by atoms with Crippen molar-refractivity contribution in [1.29, 1.82) is 0 Å². The van der Waals surface area contributed by atoms with E-state index in [0.717, 1.165) is 31.6 Å². The summed E-state index contributed by atoms with van der Waals surface area (Å²) < 4.78 is 4.95. The molecule has 1 aliphatic rings. The monoisotopic (exact) mass is 384 g/mol. The molecule has 0 aromatic heterocycles. The quantitative estimate of drug-likeness (QED) is 0.411. The fraction of sp³-hybridized carbons (Fsp3) is 0.350. The fourth-order valence-corrected chi connectivity index (χ4v) is 3.27. The van der Waals surface area contributed by atoms with E-state index in [4.69, 9.17) is 4.74 Å². The Hall–Kier alpha value is -3.13. The lowest BCUT2D eigenvalue weighted by Crippen LogP contribution is -2.21. The van der Waals surface area contributed by atoms with Crippen molar-refractivity contribution in [2.24, 2.45) is 0 Å². The van der Waals surface area contributed by atoms with Gasteiger partial charge in [-0.05, 0) is 37.1 Å². The van der Waals surface area contributed by atoms with E-state index < -0.39 is 4.92 Å². The molecule has 0 radical (unpaired) electrons. The van der Waals surface area contributed by atoms with Crippen molar-refractivity contribution in [2.45, 2.75) is 12.8 Å². The Bertz CT molecular complexity index is 850. The highest BCUT2D eigenvalue weighted by Gasteiger charge is 2.20. The number of amides is 1. The van der Waals surface area contributed by atoms with E-state index in [2.05, 4.69) is 15.5 Å². The number of benzene rings is 2. The largest absolute Gasteiger partial charge is 0.383 e. The van der Waals surface area contributed by atoms with Gasteiger partial charge in [0.25, 0.3) is 11.6 Å². The Morgan fingerprint density at radius 1 is 1.18 bits per heavy atom. The van der Waals surface area contributed by atoms with Crippen molar-refractivity contribution in [1.82, 2.24) is 0 Å². The standard InChI is InChI=1S/C20H24N4O4/c1-28-13-10-21-16-9-8-15(14-19(16)24(26)27)20(25)22-17-6-2-3-7-18(17)23-11-4-5-12-23/h2-3,6-9,14,21H,4-5,10-13H2,1H3,(H,22,25). The summed E-state index contributed by atoms with van der Waals surface area (Å²) in [6.07, 6.45) is 2.26. The van der Waals surface area contributed by atoms with Crippen LogP contribution in [-0.2, 0) is 4.74 Å². The summed E-state index contributed by atoms with van der Waals surface area (Å²) in [6.45, 7) is 2.78. The molecular weight excluding hydrogens is 360 g/mol. The summed E-state index contributed by atoms with van der Waals surface area (Å²) in [4.78, 5) is 25.9. The molecule has 28 heavy (non-hydrogen) atoms. The van der Waals surface area contributed by atoms with Gasteiger partial charge in [0.2, 0.25) is 0 Å². The van der Waals surface area contributed by atoms with Gasteiger partial charge in [0.1, 0.15) is 5.69 Å². The van der Waals surface area contributed by atoms with Gasteiger partial charge in [0, 0.05) is 38.4 Å². The molecule has 1 amide bonds. The van der Waals surface area contributed by atoms with Crippen molar-refractivity contribution >= 4 is 28.7 Å². The van der Waals surface area contributed by atoms with Crippen LogP contribution in [0.2, 0.25) is 0 Å². The van der Waals surface area contributed by atoms with Crippen molar-refractivity contribution in [3.8, 4) is 0 Å². The van der Waals surface area contributed by atoms with E-state index in [-0.39, 0.29) is 17.2 Å². The third-order valence-electron chi connectivity index (χ3n) is 4.68. The molecule has 3 rings (SSSR count). The Kier molecular flexibility index (Phi) is 6.44. The molecule has 2 aromatic rings. The van der Waals surface area contributed by atoms with E-state index in [9.17, 15) is 14.9 Å². The first kappa shape index (κ1) is 19.6. The highest BCUT2D eigenvalue weighted by Crippen LogP contribution is 2.30. The van der Waals surface area contributed by atoms with E-state index in [1.807, 2.05) is 24.3 Å². The second-order valence-corrected chi connectivity index (χ2v) is 6.57. The van der Waals surface area contributed by atoms with Crippen LogP contribution in [0.1, 0.15) is 23.2 Å². The van der Waals surface area contributed by atoms with E-state index >= 15 is 0 Å². The third kappa shape index (κ3) is 4.58. The molecule has 0 unspecified atom stereocenters. The minimum Gasteiger partial charge on any atom is -0.383 e. The second kappa shape index (κ2) is 9.18. The number of anilines is 3. The lowest BCUT2D eigenvalue weighted by molar-refractivity contribution is -0.384. The van der Waals surface area contributed by atoms with Gasteiger partial charge < -0.3 is 20.3 Å².